The number of piperidine rings is 1. The van der Waals surface area contributed by atoms with Crippen molar-refractivity contribution in [3.8, 4) is 5.75 Å². The SMILES string of the molecule is CCOc1ccc2nc(N3CCCC(c4nnc(N)o4)C3)sc2c1. The van der Waals surface area contributed by atoms with Crippen molar-refractivity contribution in [1.29, 1.82) is 0 Å². The fourth-order valence-electron chi connectivity index (χ4n) is 3.05. The normalized spacial score (nSPS) is 18.2. The first-order valence-corrected chi connectivity index (χ1v) is 8.92. The number of thiazole rings is 1. The maximum Gasteiger partial charge on any atom is 0.312 e. The zero-order valence-electron chi connectivity index (χ0n) is 13.4. The summed E-state index contributed by atoms with van der Waals surface area (Å²) in [6, 6.07) is 6.17. The number of hydrogen-bond donors (Lipinski definition) is 1. The first-order chi connectivity index (χ1) is 11.7. The molecular weight excluding hydrogens is 326 g/mol. The van der Waals surface area contributed by atoms with E-state index in [9.17, 15) is 0 Å². The van der Waals surface area contributed by atoms with Crippen LogP contribution in [-0.2, 0) is 0 Å². The van der Waals surface area contributed by atoms with Crippen molar-refractivity contribution >= 4 is 32.7 Å². The van der Waals surface area contributed by atoms with Gasteiger partial charge in [0.2, 0.25) is 5.89 Å². The second kappa shape index (κ2) is 6.27. The number of nitrogens with zero attached hydrogens (tertiary/aromatic N) is 4. The van der Waals surface area contributed by atoms with Gasteiger partial charge < -0.3 is 19.8 Å². The van der Waals surface area contributed by atoms with Gasteiger partial charge in [0.15, 0.2) is 5.13 Å². The van der Waals surface area contributed by atoms with Crippen LogP contribution in [-0.4, -0.2) is 34.9 Å². The molecule has 1 aromatic carbocycles. The van der Waals surface area contributed by atoms with E-state index in [4.69, 9.17) is 19.9 Å². The van der Waals surface area contributed by atoms with Gasteiger partial charge in [-0.1, -0.05) is 16.4 Å². The molecule has 0 spiro atoms. The molecule has 2 N–H and O–H groups in total. The number of aromatic nitrogens is 3. The van der Waals surface area contributed by atoms with Crippen molar-refractivity contribution in [2.24, 2.45) is 0 Å². The smallest absolute Gasteiger partial charge is 0.312 e. The number of nitrogen functional groups attached to an aromatic ring is 1. The Labute approximate surface area is 143 Å². The fraction of sp³-hybridized carbons (Fsp3) is 0.438. The third kappa shape index (κ3) is 2.89. The summed E-state index contributed by atoms with van der Waals surface area (Å²) >= 11 is 1.69. The molecule has 3 heterocycles. The van der Waals surface area contributed by atoms with Gasteiger partial charge >= 0.3 is 6.01 Å². The van der Waals surface area contributed by atoms with Crippen LogP contribution in [0, 0.1) is 0 Å². The largest absolute Gasteiger partial charge is 0.494 e. The van der Waals surface area contributed by atoms with Crippen molar-refractivity contribution in [3.05, 3.63) is 24.1 Å². The highest BCUT2D eigenvalue weighted by Gasteiger charge is 2.27. The Balaban J connectivity index is 1.57. The molecule has 3 aromatic rings. The zero-order chi connectivity index (χ0) is 16.5. The summed E-state index contributed by atoms with van der Waals surface area (Å²) in [5.41, 5.74) is 6.55. The molecule has 8 heteroatoms. The van der Waals surface area contributed by atoms with E-state index in [1.807, 2.05) is 19.1 Å². The molecule has 4 rings (SSSR count). The monoisotopic (exact) mass is 345 g/mol. The standard InChI is InChI=1S/C16H19N5O2S/c1-2-22-11-5-6-12-13(8-11)24-16(18-12)21-7-3-4-10(9-21)14-19-20-15(17)23-14/h5-6,8,10H,2-4,7,9H2,1H3,(H2,17,20). The maximum atomic E-state index is 5.57. The van der Waals surface area contributed by atoms with E-state index in [0.29, 0.717) is 12.5 Å². The average Bonchev–Trinajstić information content (AvgIpc) is 3.21. The first kappa shape index (κ1) is 15.2. The lowest BCUT2D eigenvalue weighted by Crippen LogP contribution is -2.34. The van der Waals surface area contributed by atoms with Crippen LogP contribution in [0.4, 0.5) is 11.1 Å². The number of hydrogen-bond acceptors (Lipinski definition) is 8. The number of fused-ring (bicyclic) bond motifs is 1. The first-order valence-electron chi connectivity index (χ1n) is 8.10. The van der Waals surface area contributed by atoms with Crippen LogP contribution in [0.15, 0.2) is 22.6 Å². The zero-order valence-corrected chi connectivity index (χ0v) is 14.3. The van der Waals surface area contributed by atoms with Crippen LogP contribution in [0.25, 0.3) is 10.2 Å². The van der Waals surface area contributed by atoms with Crippen molar-refractivity contribution < 1.29 is 9.15 Å². The lowest BCUT2D eigenvalue weighted by atomic mass is 9.98. The van der Waals surface area contributed by atoms with E-state index in [1.165, 1.54) is 0 Å². The lowest BCUT2D eigenvalue weighted by molar-refractivity contribution is 0.341. The van der Waals surface area contributed by atoms with Gasteiger partial charge in [0.05, 0.1) is 22.7 Å². The lowest BCUT2D eigenvalue weighted by Gasteiger charge is -2.30. The van der Waals surface area contributed by atoms with Crippen molar-refractivity contribution in [3.63, 3.8) is 0 Å². The van der Waals surface area contributed by atoms with E-state index in [0.717, 1.165) is 47.0 Å². The minimum absolute atomic E-state index is 0.130. The minimum atomic E-state index is 0.130. The number of ether oxygens (including phenoxy) is 1. The van der Waals surface area contributed by atoms with Crippen molar-refractivity contribution in [2.45, 2.75) is 25.7 Å². The third-order valence-electron chi connectivity index (χ3n) is 4.16. The Morgan fingerprint density at radius 1 is 1.42 bits per heavy atom. The summed E-state index contributed by atoms with van der Waals surface area (Å²) in [7, 11) is 0. The van der Waals surface area contributed by atoms with Crippen LogP contribution < -0.4 is 15.4 Å². The van der Waals surface area contributed by atoms with E-state index in [-0.39, 0.29) is 11.9 Å². The van der Waals surface area contributed by atoms with Gasteiger partial charge in [-0.2, -0.15) is 0 Å². The molecular formula is C16H19N5O2S. The second-order valence-corrected chi connectivity index (χ2v) is 6.83. The number of rotatable bonds is 4. The summed E-state index contributed by atoms with van der Waals surface area (Å²) in [5.74, 6) is 1.71. The summed E-state index contributed by atoms with van der Waals surface area (Å²) in [6.07, 6.45) is 2.09. The van der Waals surface area contributed by atoms with Gasteiger partial charge in [-0.25, -0.2) is 4.98 Å². The van der Waals surface area contributed by atoms with E-state index in [1.54, 1.807) is 11.3 Å². The predicted octanol–water partition coefficient (Wildman–Crippen LogP) is 3.04. The van der Waals surface area contributed by atoms with Crippen LogP contribution in [0.1, 0.15) is 31.6 Å². The quantitative estimate of drug-likeness (QED) is 0.777. The Morgan fingerprint density at radius 3 is 3.12 bits per heavy atom. The molecule has 1 fully saturated rings. The molecule has 1 unspecified atom stereocenters. The summed E-state index contributed by atoms with van der Waals surface area (Å²) in [6.45, 7) is 4.46. The molecule has 7 nitrogen and oxygen atoms in total. The molecule has 2 aromatic heterocycles. The Bertz CT molecular complexity index is 846. The van der Waals surface area contributed by atoms with Crippen molar-refractivity contribution in [1.82, 2.24) is 15.2 Å². The van der Waals surface area contributed by atoms with E-state index in [2.05, 4.69) is 21.2 Å². The van der Waals surface area contributed by atoms with Crippen LogP contribution in [0.5, 0.6) is 5.75 Å². The summed E-state index contributed by atoms with van der Waals surface area (Å²) in [4.78, 5) is 7.06. The second-order valence-electron chi connectivity index (χ2n) is 5.82. The Kier molecular flexibility index (Phi) is 3.97. The molecule has 0 bridgehead atoms. The van der Waals surface area contributed by atoms with Gasteiger partial charge in [0, 0.05) is 13.1 Å². The maximum absolute atomic E-state index is 5.57. The highest BCUT2D eigenvalue weighted by molar-refractivity contribution is 7.22. The number of anilines is 2. The third-order valence-corrected chi connectivity index (χ3v) is 5.24. The Morgan fingerprint density at radius 2 is 2.33 bits per heavy atom. The van der Waals surface area contributed by atoms with Gasteiger partial charge in [0.25, 0.3) is 0 Å². The van der Waals surface area contributed by atoms with E-state index >= 15 is 0 Å². The molecule has 0 amide bonds. The molecule has 1 aliphatic heterocycles. The summed E-state index contributed by atoms with van der Waals surface area (Å²) in [5, 5.41) is 8.83. The number of nitrogens with two attached hydrogens (primary N) is 1. The van der Waals surface area contributed by atoms with Gasteiger partial charge in [0.1, 0.15) is 5.75 Å². The minimum Gasteiger partial charge on any atom is -0.494 e. The van der Waals surface area contributed by atoms with Crippen LogP contribution >= 0.6 is 11.3 Å². The van der Waals surface area contributed by atoms with Crippen LogP contribution in [0.2, 0.25) is 0 Å². The predicted molar refractivity (Wildman–Crippen MR) is 93.7 cm³/mol. The Hall–Kier alpha value is -2.35. The molecule has 0 saturated carbocycles. The fourth-order valence-corrected chi connectivity index (χ4v) is 4.08. The van der Waals surface area contributed by atoms with Gasteiger partial charge in [-0.3, -0.25) is 0 Å². The highest BCUT2D eigenvalue weighted by atomic mass is 32.1. The average molecular weight is 345 g/mol. The summed E-state index contributed by atoms with van der Waals surface area (Å²) < 4.78 is 12.1. The van der Waals surface area contributed by atoms with Crippen LogP contribution in [0.3, 0.4) is 0 Å². The topological polar surface area (TPSA) is 90.3 Å². The van der Waals surface area contributed by atoms with E-state index < -0.39 is 0 Å². The van der Waals surface area contributed by atoms with Gasteiger partial charge in [-0.15, -0.1) is 5.10 Å². The molecule has 0 radical (unpaired) electrons. The molecule has 24 heavy (non-hydrogen) atoms. The molecule has 1 atom stereocenters. The van der Waals surface area contributed by atoms with Crippen molar-refractivity contribution in [2.75, 3.05) is 30.3 Å². The molecule has 1 aliphatic rings. The number of benzene rings is 1. The molecule has 1 saturated heterocycles. The highest BCUT2D eigenvalue weighted by Crippen LogP contribution is 2.35. The molecule has 126 valence electrons. The molecule has 0 aliphatic carbocycles. The van der Waals surface area contributed by atoms with Gasteiger partial charge in [-0.05, 0) is 38.0 Å².